The van der Waals surface area contributed by atoms with E-state index in [-0.39, 0.29) is 5.91 Å². The van der Waals surface area contributed by atoms with Crippen LogP contribution in [0.25, 0.3) is 0 Å². The minimum Gasteiger partial charge on any atom is -0.497 e. The molecule has 0 saturated heterocycles. The first-order valence-electron chi connectivity index (χ1n) is 6.98. The van der Waals surface area contributed by atoms with Gasteiger partial charge in [-0.05, 0) is 46.3 Å². The van der Waals surface area contributed by atoms with Gasteiger partial charge < -0.3 is 14.2 Å². The number of hydrogen-bond donors (Lipinski definition) is 1. The number of halogens is 1. The predicted molar refractivity (Wildman–Crippen MR) is 95.3 cm³/mol. The first kappa shape index (κ1) is 17.8. The zero-order chi connectivity index (χ0) is 17.5. The second-order valence-electron chi connectivity index (χ2n) is 4.66. The molecule has 0 unspecified atom stereocenters. The molecule has 0 spiro atoms. The molecule has 0 aromatic heterocycles. The van der Waals surface area contributed by atoms with Crippen LogP contribution in [0.15, 0.2) is 46.0 Å². The Balaban J connectivity index is 2.10. The van der Waals surface area contributed by atoms with E-state index in [0.717, 1.165) is 4.47 Å². The second-order valence-corrected chi connectivity index (χ2v) is 5.51. The monoisotopic (exact) mass is 392 g/mol. The number of amides is 1. The van der Waals surface area contributed by atoms with E-state index in [1.165, 1.54) is 6.21 Å². The van der Waals surface area contributed by atoms with E-state index < -0.39 is 0 Å². The molecule has 7 heteroatoms. The van der Waals surface area contributed by atoms with Crippen molar-refractivity contribution in [2.24, 2.45) is 5.10 Å². The van der Waals surface area contributed by atoms with Gasteiger partial charge in [-0.15, -0.1) is 0 Å². The van der Waals surface area contributed by atoms with Crippen LogP contribution in [-0.2, 0) is 0 Å². The molecule has 0 bridgehead atoms. The largest absolute Gasteiger partial charge is 0.497 e. The fourth-order valence-electron chi connectivity index (χ4n) is 1.95. The Morgan fingerprint density at radius 1 is 1.04 bits per heavy atom. The number of methoxy groups -OCH3 is 3. The van der Waals surface area contributed by atoms with E-state index in [0.29, 0.717) is 28.4 Å². The number of benzene rings is 2. The van der Waals surface area contributed by atoms with Gasteiger partial charge in [0, 0.05) is 17.2 Å². The molecular formula is C17H17BrN2O4. The van der Waals surface area contributed by atoms with Gasteiger partial charge in [0.05, 0.1) is 32.0 Å². The van der Waals surface area contributed by atoms with Crippen molar-refractivity contribution in [2.75, 3.05) is 21.3 Å². The number of hydrazone groups is 1. The Kier molecular flexibility index (Phi) is 6.20. The van der Waals surface area contributed by atoms with Crippen LogP contribution in [0.2, 0.25) is 0 Å². The van der Waals surface area contributed by atoms with Crippen molar-refractivity contribution in [2.45, 2.75) is 0 Å². The Morgan fingerprint density at radius 2 is 1.71 bits per heavy atom. The molecule has 0 radical (unpaired) electrons. The van der Waals surface area contributed by atoms with Crippen LogP contribution in [0.4, 0.5) is 0 Å². The number of nitrogens with one attached hydrogen (secondary N) is 1. The summed E-state index contributed by atoms with van der Waals surface area (Å²) >= 11 is 3.40. The number of nitrogens with zero attached hydrogens (tertiary/aromatic N) is 1. The Morgan fingerprint density at radius 3 is 2.29 bits per heavy atom. The topological polar surface area (TPSA) is 69.2 Å². The molecule has 1 N–H and O–H groups in total. The summed E-state index contributed by atoms with van der Waals surface area (Å²) in [6, 6.07) is 10.3. The Labute approximate surface area is 148 Å². The molecule has 0 atom stereocenters. The van der Waals surface area contributed by atoms with Gasteiger partial charge in [-0.2, -0.15) is 5.10 Å². The van der Waals surface area contributed by atoms with Crippen LogP contribution in [0.5, 0.6) is 17.2 Å². The van der Waals surface area contributed by atoms with Gasteiger partial charge in [0.15, 0.2) is 0 Å². The van der Waals surface area contributed by atoms with Gasteiger partial charge in [-0.1, -0.05) is 0 Å². The maximum atomic E-state index is 12.0. The summed E-state index contributed by atoms with van der Waals surface area (Å²) in [5.41, 5.74) is 3.65. The van der Waals surface area contributed by atoms with Gasteiger partial charge in [-0.3, -0.25) is 4.79 Å². The van der Waals surface area contributed by atoms with Gasteiger partial charge in [-0.25, -0.2) is 5.43 Å². The van der Waals surface area contributed by atoms with Gasteiger partial charge in [0.1, 0.15) is 17.2 Å². The summed E-state index contributed by atoms with van der Waals surface area (Å²) in [4.78, 5) is 12.0. The molecule has 0 heterocycles. The van der Waals surface area contributed by atoms with E-state index in [2.05, 4.69) is 26.5 Å². The van der Waals surface area contributed by atoms with Gasteiger partial charge in [0.25, 0.3) is 5.91 Å². The van der Waals surface area contributed by atoms with Gasteiger partial charge >= 0.3 is 0 Å². The zero-order valence-corrected chi connectivity index (χ0v) is 15.1. The minimum absolute atomic E-state index is 0.319. The summed E-state index contributed by atoms with van der Waals surface area (Å²) in [5, 5.41) is 3.97. The van der Waals surface area contributed by atoms with Crippen molar-refractivity contribution in [3.63, 3.8) is 0 Å². The van der Waals surface area contributed by atoms with Crippen molar-refractivity contribution in [1.82, 2.24) is 5.43 Å². The summed E-state index contributed by atoms with van der Waals surface area (Å²) in [7, 11) is 4.69. The lowest BCUT2D eigenvalue weighted by Crippen LogP contribution is -2.17. The zero-order valence-electron chi connectivity index (χ0n) is 13.5. The van der Waals surface area contributed by atoms with E-state index in [1.807, 2.05) is 0 Å². The highest BCUT2D eigenvalue weighted by molar-refractivity contribution is 9.10. The molecule has 0 fully saturated rings. The molecule has 2 aromatic carbocycles. The first-order valence-corrected chi connectivity index (χ1v) is 7.77. The van der Waals surface area contributed by atoms with Crippen LogP contribution in [-0.4, -0.2) is 33.5 Å². The highest BCUT2D eigenvalue weighted by Gasteiger charge is 2.08. The van der Waals surface area contributed by atoms with Crippen LogP contribution in [0.1, 0.15) is 15.9 Å². The third-order valence-corrected chi connectivity index (χ3v) is 3.85. The molecule has 126 valence electrons. The predicted octanol–water partition coefficient (Wildman–Crippen LogP) is 3.24. The molecule has 0 aliphatic carbocycles. The molecule has 2 aromatic rings. The molecular weight excluding hydrogens is 376 g/mol. The van der Waals surface area contributed by atoms with Crippen molar-refractivity contribution in [3.8, 4) is 17.2 Å². The highest BCUT2D eigenvalue weighted by atomic mass is 79.9. The van der Waals surface area contributed by atoms with Crippen molar-refractivity contribution in [1.29, 1.82) is 0 Å². The molecule has 0 saturated carbocycles. The van der Waals surface area contributed by atoms with E-state index in [9.17, 15) is 4.79 Å². The summed E-state index contributed by atoms with van der Waals surface area (Å²) < 4.78 is 16.3. The number of rotatable bonds is 6. The molecule has 1 amide bonds. The Bertz CT molecular complexity index is 745. The summed E-state index contributed by atoms with van der Waals surface area (Å²) in [6.45, 7) is 0. The summed E-state index contributed by atoms with van der Waals surface area (Å²) in [5.74, 6) is 1.59. The second kappa shape index (κ2) is 8.35. The number of carbonyl (C=O) groups excluding carboxylic acids is 1. The highest BCUT2D eigenvalue weighted by Crippen LogP contribution is 2.31. The quantitative estimate of drug-likeness (QED) is 0.605. The summed E-state index contributed by atoms with van der Waals surface area (Å²) in [6.07, 6.45) is 1.50. The molecule has 2 rings (SSSR count). The minimum atomic E-state index is -0.319. The van der Waals surface area contributed by atoms with Crippen LogP contribution >= 0.6 is 15.9 Å². The smallest absolute Gasteiger partial charge is 0.271 e. The standard InChI is InChI=1S/C17H17BrN2O4/c1-22-13-6-4-11(5-7-13)17(21)20-19-10-12-8-14(18)16(24-3)9-15(12)23-2/h4-10H,1-3H3,(H,20,21). The third-order valence-electron chi connectivity index (χ3n) is 3.23. The first-order chi connectivity index (χ1) is 11.6. The van der Waals surface area contributed by atoms with Crippen molar-refractivity contribution in [3.05, 3.63) is 52.0 Å². The average molecular weight is 393 g/mol. The van der Waals surface area contributed by atoms with Crippen LogP contribution in [0.3, 0.4) is 0 Å². The van der Waals surface area contributed by atoms with Crippen LogP contribution < -0.4 is 19.6 Å². The number of ether oxygens (including phenoxy) is 3. The van der Waals surface area contributed by atoms with E-state index in [4.69, 9.17) is 14.2 Å². The fourth-order valence-corrected chi connectivity index (χ4v) is 2.47. The lowest BCUT2D eigenvalue weighted by molar-refractivity contribution is 0.0955. The SMILES string of the molecule is COc1ccc(C(=O)NN=Cc2cc(Br)c(OC)cc2OC)cc1. The van der Waals surface area contributed by atoms with Crippen LogP contribution in [0, 0.1) is 0 Å². The van der Waals surface area contributed by atoms with Crippen molar-refractivity contribution < 1.29 is 19.0 Å². The lowest BCUT2D eigenvalue weighted by Gasteiger charge is -2.09. The molecule has 0 aliphatic rings. The normalized spacial score (nSPS) is 10.5. The maximum absolute atomic E-state index is 12.0. The lowest BCUT2D eigenvalue weighted by atomic mass is 10.2. The fraction of sp³-hybridized carbons (Fsp3) is 0.176. The van der Waals surface area contributed by atoms with E-state index >= 15 is 0 Å². The molecule has 24 heavy (non-hydrogen) atoms. The van der Waals surface area contributed by atoms with Crippen molar-refractivity contribution >= 4 is 28.1 Å². The third kappa shape index (κ3) is 4.26. The molecule has 6 nitrogen and oxygen atoms in total. The maximum Gasteiger partial charge on any atom is 0.271 e. The number of carbonyl (C=O) groups is 1. The Hall–Kier alpha value is -2.54. The molecule has 0 aliphatic heterocycles. The average Bonchev–Trinajstić information content (AvgIpc) is 2.62. The number of hydrogen-bond acceptors (Lipinski definition) is 5. The van der Waals surface area contributed by atoms with Gasteiger partial charge in [0.2, 0.25) is 0 Å². The van der Waals surface area contributed by atoms with E-state index in [1.54, 1.807) is 57.7 Å².